The zero-order valence-electron chi connectivity index (χ0n) is 17.6. The van der Waals surface area contributed by atoms with E-state index in [0.717, 1.165) is 42.1 Å². The number of methoxy groups -OCH3 is 1. The van der Waals surface area contributed by atoms with Gasteiger partial charge >= 0.3 is 6.01 Å². The fourth-order valence-corrected chi connectivity index (χ4v) is 3.58. The molecule has 3 heterocycles. The van der Waals surface area contributed by atoms with Crippen LogP contribution in [0.25, 0.3) is 10.9 Å². The van der Waals surface area contributed by atoms with E-state index in [2.05, 4.69) is 42.4 Å². The van der Waals surface area contributed by atoms with E-state index in [1.165, 1.54) is 7.11 Å². The Morgan fingerprint density at radius 2 is 2.03 bits per heavy atom. The largest absolute Gasteiger partial charge is 0.467 e. The van der Waals surface area contributed by atoms with Crippen LogP contribution in [0.2, 0.25) is 0 Å². The van der Waals surface area contributed by atoms with Gasteiger partial charge in [0.15, 0.2) is 5.82 Å². The van der Waals surface area contributed by atoms with Crippen molar-refractivity contribution in [1.29, 1.82) is 0 Å². The predicted molar refractivity (Wildman–Crippen MR) is 115 cm³/mol. The lowest BCUT2D eigenvalue weighted by Crippen LogP contribution is -2.49. The van der Waals surface area contributed by atoms with Crippen molar-refractivity contribution in [2.24, 2.45) is 0 Å². The molecule has 30 heavy (non-hydrogen) atoms. The maximum Gasteiger partial charge on any atom is 0.316 e. The van der Waals surface area contributed by atoms with E-state index >= 15 is 0 Å². The maximum atomic E-state index is 13.1. The Morgan fingerprint density at radius 3 is 2.77 bits per heavy atom. The number of nitrogens with zero attached hydrogens (tertiary/aromatic N) is 5. The van der Waals surface area contributed by atoms with Crippen molar-refractivity contribution in [2.75, 3.05) is 37.0 Å². The lowest BCUT2D eigenvalue weighted by atomic mass is 10.1. The normalized spacial score (nSPS) is 16.5. The fraction of sp³-hybridized carbons (Fsp3) is 0.381. The van der Waals surface area contributed by atoms with Gasteiger partial charge in [0.05, 0.1) is 35.8 Å². The van der Waals surface area contributed by atoms with E-state index in [9.17, 15) is 4.79 Å². The molecule has 1 amide bonds. The number of nitrogens with one attached hydrogen (secondary N) is 2. The molecule has 0 radical (unpaired) electrons. The van der Waals surface area contributed by atoms with Crippen LogP contribution in [-0.4, -0.2) is 58.6 Å². The molecule has 2 N–H and O–H groups in total. The summed E-state index contributed by atoms with van der Waals surface area (Å²) >= 11 is 0. The third kappa shape index (κ3) is 3.88. The minimum absolute atomic E-state index is 0.216. The molecule has 156 valence electrons. The Bertz CT molecular complexity index is 1100. The lowest BCUT2D eigenvalue weighted by Gasteiger charge is -2.34. The summed E-state index contributed by atoms with van der Waals surface area (Å²) in [4.78, 5) is 32.8. The summed E-state index contributed by atoms with van der Waals surface area (Å²) in [6.07, 6.45) is 3.27. The molecule has 4 rings (SSSR count). The van der Waals surface area contributed by atoms with E-state index < -0.39 is 0 Å². The molecule has 1 saturated heterocycles. The minimum atomic E-state index is -0.307. The molecule has 9 nitrogen and oxygen atoms in total. The number of ether oxygens (including phenoxy) is 1. The average Bonchev–Trinajstić information content (AvgIpc) is 2.75. The first-order valence-electron chi connectivity index (χ1n) is 9.90. The van der Waals surface area contributed by atoms with Crippen molar-refractivity contribution in [3.8, 4) is 6.01 Å². The van der Waals surface area contributed by atoms with Crippen LogP contribution in [0.15, 0.2) is 24.5 Å². The number of fused-ring (bicyclic) bond motifs is 1. The van der Waals surface area contributed by atoms with E-state index in [1.807, 2.05) is 19.9 Å². The number of hydrogen-bond acceptors (Lipinski definition) is 8. The molecule has 1 aliphatic heterocycles. The van der Waals surface area contributed by atoms with Gasteiger partial charge in [-0.1, -0.05) is 0 Å². The number of carbonyl (C=O) groups is 1. The number of piperazine rings is 1. The molecular weight excluding hydrogens is 382 g/mol. The second kappa shape index (κ2) is 8.19. The zero-order valence-corrected chi connectivity index (χ0v) is 17.6. The molecule has 0 saturated carbocycles. The van der Waals surface area contributed by atoms with Crippen molar-refractivity contribution < 1.29 is 9.53 Å². The third-order valence-corrected chi connectivity index (χ3v) is 5.28. The van der Waals surface area contributed by atoms with Gasteiger partial charge in [-0.05, 0) is 32.9 Å². The van der Waals surface area contributed by atoms with Crippen molar-refractivity contribution >= 4 is 28.3 Å². The summed E-state index contributed by atoms with van der Waals surface area (Å²) in [6.45, 7) is 8.52. The van der Waals surface area contributed by atoms with E-state index in [4.69, 9.17) is 4.74 Å². The second-order valence-corrected chi connectivity index (χ2v) is 7.43. The molecule has 0 spiro atoms. The van der Waals surface area contributed by atoms with Crippen LogP contribution in [0.3, 0.4) is 0 Å². The van der Waals surface area contributed by atoms with Crippen LogP contribution in [0.4, 0.5) is 11.5 Å². The van der Waals surface area contributed by atoms with Gasteiger partial charge in [-0.15, -0.1) is 0 Å². The number of aromatic nitrogens is 4. The molecule has 0 aliphatic carbocycles. The second-order valence-electron chi connectivity index (χ2n) is 7.43. The molecule has 3 aromatic rings. The predicted octanol–water partition coefficient (Wildman–Crippen LogP) is 2.10. The molecule has 1 unspecified atom stereocenters. The number of rotatable bonds is 4. The van der Waals surface area contributed by atoms with E-state index in [1.54, 1.807) is 18.5 Å². The Hall–Kier alpha value is -3.33. The average molecular weight is 407 g/mol. The third-order valence-electron chi connectivity index (χ3n) is 5.28. The van der Waals surface area contributed by atoms with Crippen LogP contribution >= 0.6 is 0 Å². The Balaban J connectivity index is 1.74. The Labute approximate surface area is 174 Å². The number of amides is 1. The molecule has 1 aliphatic rings. The van der Waals surface area contributed by atoms with Crippen molar-refractivity contribution in [2.45, 2.75) is 26.8 Å². The smallest absolute Gasteiger partial charge is 0.316 e. The molecule has 1 atom stereocenters. The quantitative estimate of drug-likeness (QED) is 0.677. The molecule has 1 fully saturated rings. The standard InChI is InChI=1S/C21H25N7O2/c1-12-11-28(8-7-22-12)17-6-5-15(19-16(17)9-24-21(27-19)30-4)20(29)26-18-10-23-13(2)14(3)25-18/h5-6,9-10,12,22H,7-8,11H2,1-4H3,(H,25,26,29). The fourth-order valence-electron chi connectivity index (χ4n) is 3.58. The van der Waals surface area contributed by atoms with E-state index in [-0.39, 0.29) is 11.9 Å². The van der Waals surface area contributed by atoms with Gasteiger partial charge < -0.3 is 20.3 Å². The summed E-state index contributed by atoms with van der Waals surface area (Å²) in [6, 6.07) is 4.34. The maximum absolute atomic E-state index is 13.1. The topological polar surface area (TPSA) is 105 Å². The van der Waals surface area contributed by atoms with Crippen LogP contribution in [0.1, 0.15) is 28.7 Å². The molecule has 9 heteroatoms. The highest BCUT2D eigenvalue weighted by molar-refractivity contribution is 6.13. The number of carbonyl (C=O) groups excluding carboxylic acids is 1. The first-order valence-corrected chi connectivity index (χ1v) is 9.90. The first kappa shape index (κ1) is 20.0. The van der Waals surface area contributed by atoms with Crippen LogP contribution < -0.4 is 20.3 Å². The van der Waals surface area contributed by atoms with Crippen molar-refractivity contribution in [1.82, 2.24) is 25.3 Å². The monoisotopic (exact) mass is 407 g/mol. The molecule has 0 bridgehead atoms. The van der Waals surface area contributed by atoms with Crippen molar-refractivity contribution in [3.05, 3.63) is 41.5 Å². The summed E-state index contributed by atoms with van der Waals surface area (Å²) in [5.41, 5.74) is 3.57. The summed E-state index contributed by atoms with van der Waals surface area (Å²) < 4.78 is 5.21. The highest BCUT2D eigenvalue weighted by atomic mass is 16.5. The SMILES string of the molecule is COc1ncc2c(N3CCNC(C)C3)ccc(C(=O)Nc3cnc(C)c(C)n3)c2n1. The van der Waals surface area contributed by atoms with Gasteiger partial charge in [-0.25, -0.2) is 9.97 Å². The molecule has 2 aromatic heterocycles. The van der Waals surface area contributed by atoms with Gasteiger partial charge in [0.2, 0.25) is 0 Å². The van der Waals surface area contributed by atoms with Crippen LogP contribution in [0, 0.1) is 13.8 Å². The summed E-state index contributed by atoms with van der Waals surface area (Å²) in [5.74, 6) is 0.0933. The number of benzene rings is 1. The van der Waals surface area contributed by atoms with E-state index in [0.29, 0.717) is 22.9 Å². The van der Waals surface area contributed by atoms with Gasteiger partial charge in [0.1, 0.15) is 0 Å². The number of anilines is 2. The minimum Gasteiger partial charge on any atom is -0.467 e. The number of aryl methyl sites for hydroxylation is 2. The summed E-state index contributed by atoms with van der Waals surface area (Å²) in [5, 5.41) is 7.08. The zero-order chi connectivity index (χ0) is 21.3. The lowest BCUT2D eigenvalue weighted by molar-refractivity contribution is 0.102. The van der Waals surface area contributed by atoms with Gasteiger partial charge in [0, 0.05) is 42.9 Å². The highest BCUT2D eigenvalue weighted by Gasteiger charge is 2.22. The van der Waals surface area contributed by atoms with Crippen molar-refractivity contribution in [3.63, 3.8) is 0 Å². The van der Waals surface area contributed by atoms with Gasteiger partial charge in [-0.2, -0.15) is 4.98 Å². The Morgan fingerprint density at radius 1 is 1.20 bits per heavy atom. The molecule has 1 aromatic carbocycles. The van der Waals surface area contributed by atoms with Gasteiger partial charge in [0.25, 0.3) is 5.91 Å². The van der Waals surface area contributed by atoms with Crippen LogP contribution in [-0.2, 0) is 0 Å². The highest BCUT2D eigenvalue weighted by Crippen LogP contribution is 2.30. The summed E-state index contributed by atoms with van der Waals surface area (Å²) in [7, 11) is 1.51. The first-order chi connectivity index (χ1) is 14.5. The number of hydrogen-bond donors (Lipinski definition) is 2. The molecular formula is C21H25N7O2. The van der Waals surface area contributed by atoms with Crippen LogP contribution in [0.5, 0.6) is 6.01 Å². The van der Waals surface area contributed by atoms with Gasteiger partial charge in [-0.3, -0.25) is 9.78 Å². The Kier molecular flexibility index (Phi) is 5.45.